The minimum absolute atomic E-state index is 0.0741. The van der Waals surface area contributed by atoms with Crippen LogP contribution < -0.4 is 0 Å². The maximum atomic E-state index is 10.4. The molecule has 1 atom stereocenters. The van der Waals surface area contributed by atoms with Crippen molar-refractivity contribution in [1.82, 2.24) is 0 Å². The van der Waals surface area contributed by atoms with E-state index < -0.39 is 11.9 Å². The number of hydrogen-bond acceptors (Lipinski definition) is 3. The molecule has 52 valence electrons. The number of carboxylic acid groups (broad SMARTS) is 1. The second kappa shape index (κ2) is 3.50. The number of hydrogen-bond donors (Lipinski definition) is 2. The van der Waals surface area contributed by atoms with Crippen LogP contribution in [0.4, 0.5) is 0 Å². The Bertz CT molecular complexity index is 118. The number of carbonyl (C=O) groups excluding carboxylic acids is 1. The largest absolute Gasteiger partial charge is 0.481 e. The summed E-state index contributed by atoms with van der Waals surface area (Å²) in [6.07, 6.45) is 0. The van der Waals surface area contributed by atoms with Crippen molar-refractivity contribution in [2.24, 2.45) is 5.92 Å². The monoisotopic (exact) mass is 148 g/mol. The Labute approximate surface area is 58.5 Å². The van der Waals surface area contributed by atoms with Crippen molar-refractivity contribution < 1.29 is 14.7 Å². The van der Waals surface area contributed by atoms with Crippen molar-refractivity contribution in [2.45, 2.75) is 6.92 Å². The van der Waals surface area contributed by atoms with Gasteiger partial charge in [-0.2, -0.15) is 12.6 Å². The third-order valence-corrected chi connectivity index (χ3v) is 1.34. The van der Waals surface area contributed by atoms with Crippen LogP contribution in [0.15, 0.2) is 0 Å². The Hall–Kier alpha value is -0.510. The topological polar surface area (TPSA) is 54.4 Å². The zero-order chi connectivity index (χ0) is 7.44. The van der Waals surface area contributed by atoms with Gasteiger partial charge in [0.15, 0.2) is 0 Å². The van der Waals surface area contributed by atoms with Crippen molar-refractivity contribution >= 4 is 24.4 Å². The number of thiol groups is 1. The minimum Gasteiger partial charge on any atom is -0.481 e. The number of carboxylic acids is 1. The van der Waals surface area contributed by atoms with Gasteiger partial charge in [-0.15, -0.1) is 0 Å². The molecule has 0 aromatic heterocycles. The maximum absolute atomic E-state index is 10.4. The lowest BCUT2D eigenvalue weighted by Gasteiger charge is -2.01. The summed E-state index contributed by atoms with van der Waals surface area (Å²) in [7, 11) is 0. The van der Waals surface area contributed by atoms with Crippen LogP contribution in [0.1, 0.15) is 6.92 Å². The van der Waals surface area contributed by atoms with Crippen LogP contribution in [-0.2, 0) is 9.59 Å². The Morgan fingerprint density at radius 3 is 2.11 bits per heavy atom. The first-order valence-corrected chi connectivity index (χ1v) is 3.07. The van der Waals surface area contributed by atoms with Gasteiger partial charge in [-0.25, -0.2) is 0 Å². The minimum atomic E-state index is -1.10. The number of aliphatic carboxylic acids is 1. The van der Waals surface area contributed by atoms with Crippen molar-refractivity contribution in [1.29, 1.82) is 0 Å². The molecule has 0 aliphatic heterocycles. The Kier molecular flexibility index (Phi) is 3.30. The van der Waals surface area contributed by atoms with E-state index in [1.165, 1.54) is 6.92 Å². The van der Waals surface area contributed by atoms with Crippen LogP contribution in [0, 0.1) is 5.92 Å². The lowest BCUT2D eigenvalue weighted by molar-refractivity contribution is -0.144. The molecule has 0 aliphatic rings. The van der Waals surface area contributed by atoms with Crippen LogP contribution >= 0.6 is 12.6 Å². The first-order chi connectivity index (χ1) is 4.09. The van der Waals surface area contributed by atoms with E-state index >= 15 is 0 Å². The summed E-state index contributed by atoms with van der Waals surface area (Å²) >= 11 is 3.69. The first-order valence-electron chi connectivity index (χ1n) is 2.43. The van der Waals surface area contributed by atoms with Gasteiger partial charge in [0.25, 0.3) is 0 Å². The van der Waals surface area contributed by atoms with E-state index in [0.717, 1.165) is 0 Å². The average Bonchev–Trinajstić information content (AvgIpc) is 1.64. The molecule has 0 spiro atoms. The number of carbonyl (C=O) groups is 2. The SMILES string of the molecule is CC(=O)[C@H](CS)C(=O)O. The van der Waals surface area contributed by atoms with Gasteiger partial charge in [0.1, 0.15) is 11.7 Å². The lowest BCUT2D eigenvalue weighted by Crippen LogP contribution is -2.22. The predicted molar refractivity (Wildman–Crippen MR) is 35.7 cm³/mol. The highest BCUT2D eigenvalue weighted by Gasteiger charge is 2.19. The maximum Gasteiger partial charge on any atom is 0.314 e. The van der Waals surface area contributed by atoms with E-state index in [0.29, 0.717) is 0 Å². The van der Waals surface area contributed by atoms with Crippen molar-refractivity contribution in [3.05, 3.63) is 0 Å². The fraction of sp³-hybridized carbons (Fsp3) is 0.600. The molecule has 0 bridgehead atoms. The van der Waals surface area contributed by atoms with E-state index in [1.54, 1.807) is 0 Å². The standard InChI is InChI=1S/C5H8O3S/c1-3(6)4(2-9)5(7)8/h4,9H,2H2,1H3,(H,7,8)/t4-/m0/s1. The Morgan fingerprint density at radius 1 is 1.67 bits per heavy atom. The zero-order valence-electron chi connectivity index (χ0n) is 5.00. The number of ketones is 1. The first kappa shape index (κ1) is 8.49. The molecule has 0 rings (SSSR count). The Morgan fingerprint density at radius 2 is 2.11 bits per heavy atom. The highest BCUT2D eigenvalue weighted by molar-refractivity contribution is 7.80. The molecule has 0 aromatic carbocycles. The molecule has 0 amide bonds. The summed E-state index contributed by atoms with van der Waals surface area (Å²) in [5.41, 5.74) is 0. The van der Waals surface area contributed by atoms with Crippen molar-refractivity contribution in [3.63, 3.8) is 0 Å². The second-order valence-electron chi connectivity index (χ2n) is 1.68. The highest BCUT2D eigenvalue weighted by atomic mass is 32.1. The third kappa shape index (κ3) is 2.51. The van der Waals surface area contributed by atoms with Gasteiger partial charge >= 0.3 is 5.97 Å². The molecule has 0 fully saturated rings. The lowest BCUT2D eigenvalue weighted by atomic mass is 10.1. The van der Waals surface area contributed by atoms with Crippen LogP contribution in [0.3, 0.4) is 0 Å². The molecule has 0 unspecified atom stereocenters. The molecule has 0 saturated carbocycles. The van der Waals surface area contributed by atoms with Gasteiger partial charge in [-0.05, 0) is 6.92 Å². The van der Waals surface area contributed by atoms with Gasteiger partial charge in [0, 0.05) is 5.75 Å². The van der Waals surface area contributed by atoms with E-state index in [2.05, 4.69) is 12.6 Å². The molecule has 9 heavy (non-hydrogen) atoms. The summed E-state index contributed by atoms with van der Waals surface area (Å²) in [6, 6.07) is 0. The zero-order valence-corrected chi connectivity index (χ0v) is 5.89. The van der Waals surface area contributed by atoms with E-state index in [4.69, 9.17) is 5.11 Å². The van der Waals surface area contributed by atoms with Crippen LogP contribution in [0.5, 0.6) is 0 Å². The van der Waals surface area contributed by atoms with E-state index in [1.807, 2.05) is 0 Å². The summed E-state index contributed by atoms with van der Waals surface area (Å²) in [5.74, 6) is -2.31. The van der Waals surface area contributed by atoms with Gasteiger partial charge < -0.3 is 5.11 Å². The third-order valence-electron chi connectivity index (χ3n) is 0.971. The van der Waals surface area contributed by atoms with Crippen LogP contribution in [0.2, 0.25) is 0 Å². The van der Waals surface area contributed by atoms with Gasteiger partial charge in [-0.1, -0.05) is 0 Å². The molecule has 0 aromatic rings. The number of rotatable bonds is 3. The highest BCUT2D eigenvalue weighted by Crippen LogP contribution is 1.99. The molecule has 0 heterocycles. The molecule has 0 aliphatic carbocycles. The summed E-state index contributed by atoms with van der Waals surface area (Å²) in [5, 5.41) is 8.27. The second-order valence-corrected chi connectivity index (χ2v) is 2.05. The van der Waals surface area contributed by atoms with Crippen molar-refractivity contribution in [2.75, 3.05) is 5.75 Å². The Balaban J connectivity index is 3.99. The van der Waals surface area contributed by atoms with Crippen molar-refractivity contribution in [3.8, 4) is 0 Å². The van der Waals surface area contributed by atoms with E-state index in [9.17, 15) is 9.59 Å². The molecule has 0 radical (unpaired) electrons. The summed E-state index contributed by atoms with van der Waals surface area (Å²) < 4.78 is 0. The molecule has 4 heteroatoms. The van der Waals surface area contributed by atoms with Crippen LogP contribution in [0.25, 0.3) is 0 Å². The predicted octanol–water partition coefficient (Wildman–Crippen LogP) is 0.206. The van der Waals surface area contributed by atoms with E-state index in [-0.39, 0.29) is 11.5 Å². The quantitative estimate of drug-likeness (QED) is 0.444. The molecule has 1 N–H and O–H groups in total. The van der Waals surface area contributed by atoms with Gasteiger partial charge in [0.05, 0.1) is 0 Å². The summed E-state index contributed by atoms with van der Waals surface area (Å²) in [6.45, 7) is 1.25. The molecule has 3 nitrogen and oxygen atoms in total. The fourth-order valence-electron chi connectivity index (χ4n) is 0.381. The van der Waals surface area contributed by atoms with Gasteiger partial charge in [-0.3, -0.25) is 9.59 Å². The van der Waals surface area contributed by atoms with Gasteiger partial charge in [0.2, 0.25) is 0 Å². The normalized spacial score (nSPS) is 12.7. The average molecular weight is 148 g/mol. The smallest absolute Gasteiger partial charge is 0.314 e. The molecular weight excluding hydrogens is 140 g/mol. The molecule has 0 saturated heterocycles. The van der Waals surface area contributed by atoms with Crippen LogP contribution in [-0.4, -0.2) is 22.6 Å². The number of Topliss-reactive ketones (excluding diaryl/α,β-unsaturated/α-hetero) is 1. The molecular formula is C5H8O3S. The fourth-order valence-corrected chi connectivity index (χ4v) is 0.794. The summed E-state index contributed by atoms with van der Waals surface area (Å²) in [4.78, 5) is 20.5.